The van der Waals surface area contributed by atoms with E-state index in [0.29, 0.717) is 0 Å². The molecule has 92 valence electrons. The summed E-state index contributed by atoms with van der Waals surface area (Å²) in [5.74, 6) is 0. The Morgan fingerprint density at radius 1 is 0.733 bits per heavy atom. The molecule has 15 heavy (non-hydrogen) atoms. The molecule has 0 amide bonds. The second-order valence-corrected chi connectivity index (χ2v) is 11.3. The van der Waals surface area contributed by atoms with E-state index in [1.54, 1.807) is 0 Å². The number of hydrogen-bond donors (Lipinski definition) is 0. The van der Waals surface area contributed by atoms with Crippen LogP contribution >= 0.6 is 0 Å². The first-order chi connectivity index (χ1) is 6.83. The van der Waals surface area contributed by atoms with Crippen LogP contribution in [0.3, 0.4) is 0 Å². The maximum absolute atomic E-state index is 2.54. The van der Waals surface area contributed by atoms with Crippen LogP contribution in [0.2, 0.25) is 25.2 Å². The summed E-state index contributed by atoms with van der Waals surface area (Å²) in [4.78, 5) is 4.59. The van der Waals surface area contributed by atoms with E-state index in [1.165, 1.54) is 38.0 Å². The fourth-order valence-electron chi connectivity index (χ4n) is 1.87. The molecule has 2 nitrogen and oxygen atoms in total. The molecule has 0 bridgehead atoms. The molecule has 0 saturated heterocycles. The molecule has 0 radical (unpaired) electrons. The second-order valence-electron chi connectivity index (χ2n) is 5.98. The van der Waals surface area contributed by atoms with Gasteiger partial charge in [0.2, 0.25) is 0 Å². The Hall–Kier alpha value is 0.137. The van der Waals surface area contributed by atoms with E-state index < -0.39 is 8.07 Å². The fraction of sp³-hybridized carbons (Fsp3) is 1.00. The monoisotopic (exact) mass is 230 g/mol. The van der Waals surface area contributed by atoms with Crippen LogP contribution in [-0.4, -0.2) is 59.2 Å². The van der Waals surface area contributed by atoms with Crippen LogP contribution in [0.1, 0.15) is 12.8 Å². The second kappa shape index (κ2) is 7.42. The van der Waals surface area contributed by atoms with Crippen molar-refractivity contribution in [3.05, 3.63) is 0 Å². The molecule has 0 aromatic heterocycles. The fourth-order valence-corrected chi connectivity index (χ4v) is 4.35. The normalized spacial score (nSPS) is 12.8. The van der Waals surface area contributed by atoms with Gasteiger partial charge in [0.25, 0.3) is 0 Å². The zero-order valence-corrected chi connectivity index (χ0v) is 12.6. The molecule has 0 saturated carbocycles. The summed E-state index contributed by atoms with van der Waals surface area (Å²) < 4.78 is 0. The predicted molar refractivity (Wildman–Crippen MR) is 73.4 cm³/mol. The lowest BCUT2D eigenvalue weighted by Crippen LogP contribution is -2.28. The van der Waals surface area contributed by atoms with Gasteiger partial charge in [0.15, 0.2) is 0 Å². The topological polar surface area (TPSA) is 6.48 Å². The number of nitrogens with zero attached hydrogens (tertiary/aromatic N) is 2. The lowest BCUT2D eigenvalue weighted by molar-refractivity contribution is 0.404. The molecule has 0 aromatic carbocycles. The van der Waals surface area contributed by atoms with Crippen molar-refractivity contribution < 1.29 is 0 Å². The highest BCUT2D eigenvalue weighted by molar-refractivity contribution is 6.77. The molecule has 0 aliphatic carbocycles. The van der Waals surface area contributed by atoms with Crippen molar-refractivity contribution in [2.75, 3.05) is 41.3 Å². The smallest absolute Gasteiger partial charge is 0.0474 e. The van der Waals surface area contributed by atoms with E-state index >= 15 is 0 Å². The molecule has 0 aliphatic rings. The van der Waals surface area contributed by atoms with E-state index in [0.717, 1.165) is 0 Å². The summed E-state index contributed by atoms with van der Waals surface area (Å²) in [5.41, 5.74) is 0. The average molecular weight is 230 g/mol. The maximum atomic E-state index is 2.54. The zero-order chi connectivity index (χ0) is 11.9. The Labute approximate surface area is 97.7 Å². The van der Waals surface area contributed by atoms with Crippen molar-refractivity contribution in [3.63, 3.8) is 0 Å². The molecule has 3 heteroatoms. The van der Waals surface area contributed by atoms with Gasteiger partial charge in [-0.3, -0.25) is 0 Å². The van der Waals surface area contributed by atoms with Crippen LogP contribution in [0.15, 0.2) is 0 Å². The third-order valence-electron chi connectivity index (χ3n) is 2.92. The third kappa shape index (κ3) is 10.4. The van der Waals surface area contributed by atoms with Crippen molar-refractivity contribution in [2.24, 2.45) is 0 Å². The molecular weight excluding hydrogens is 200 g/mol. The van der Waals surface area contributed by atoms with E-state index in [9.17, 15) is 0 Å². The molecule has 0 spiro atoms. The minimum Gasteiger partial charge on any atom is -0.309 e. The summed E-state index contributed by atoms with van der Waals surface area (Å²) >= 11 is 0. The van der Waals surface area contributed by atoms with Gasteiger partial charge < -0.3 is 9.80 Å². The van der Waals surface area contributed by atoms with Crippen LogP contribution in [0.4, 0.5) is 0 Å². The first-order valence-electron chi connectivity index (χ1n) is 6.13. The lowest BCUT2D eigenvalue weighted by atomic mass is 10.4. The average Bonchev–Trinajstić information content (AvgIpc) is 2.01. The molecule has 0 aliphatic heterocycles. The van der Waals surface area contributed by atoms with Gasteiger partial charge in [-0.1, -0.05) is 25.2 Å². The standard InChI is InChI=1S/C12H30N2Si/c1-13(2)9-7-11-15(5,6)12-8-10-14(3)4/h7-12H2,1-6H3. The Balaban J connectivity index is 3.57. The van der Waals surface area contributed by atoms with Crippen LogP contribution in [0.5, 0.6) is 0 Å². The molecule has 0 rings (SSSR count). The Bertz CT molecular complexity index is 140. The molecule has 0 fully saturated rings. The highest BCUT2D eigenvalue weighted by Crippen LogP contribution is 2.19. The van der Waals surface area contributed by atoms with Gasteiger partial charge in [-0.05, 0) is 54.1 Å². The van der Waals surface area contributed by atoms with Crippen molar-refractivity contribution >= 4 is 8.07 Å². The highest BCUT2D eigenvalue weighted by Gasteiger charge is 2.19. The molecule has 0 heterocycles. The van der Waals surface area contributed by atoms with E-state index in [2.05, 4.69) is 51.1 Å². The lowest BCUT2D eigenvalue weighted by Gasteiger charge is -2.24. The maximum Gasteiger partial charge on any atom is 0.0474 e. The van der Waals surface area contributed by atoms with Crippen LogP contribution in [0.25, 0.3) is 0 Å². The van der Waals surface area contributed by atoms with Crippen LogP contribution < -0.4 is 0 Å². The predicted octanol–water partition coefficient (Wildman–Crippen LogP) is 2.60. The van der Waals surface area contributed by atoms with Gasteiger partial charge in [0, 0.05) is 8.07 Å². The largest absolute Gasteiger partial charge is 0.309 e. The highest BCUT2D eigenvalue weighted by atomic mass is 28.3. The van der Waals surface area contributed by atoms with Crippen molar-refractivity contribution in [2.45, 2.75) is 38.0 Å². The molecule has 0 N–H and O–H groups in total. The van der Waals surface area contributed by atoms with E-state index in [-0.39, 0.29) is 0 Å². The SMILES string of the molecule is CN(C)CCC[Si](C)(C)CCCN(C)C. The van der Waals surface area contributed by atoms with Crippen LogP contribution in [-0.2, 0) is 0 Å². The first-order valence-corrected chi connectivity index (χ1v) is 9.54. The van der Waals surface area contributed by atoms with Gasteiger partial charge in [0.1, 0.15) is 0 Å². The summed E-state index contributed by atoms with van der Waals surface area (Å²) in [6, 6.07) is 2.97. The van der Waals surface area contributed by atoms with Crippen LogP contribution in [0, 0.1) is 0 Å². The van der Waals surface area contributed by atoms with Crippen molar-refractivity contribution in [3.8, 4) is 0 Å². The summed E-state index contributed by atoms with van der Waals surface area (Å²) in [6.07, 6.45) is 2.77. The minimum absolute atomic E-state index is 0.890. The molecular formula is C12H30N2Si. The summed E-state index contributed by atoms with van der Waals surface area (Å²) in [7, 11) is 7.78. The van der Waals surface area contributed by atoms with Crippen molar-refractivity contribution in [1.82, 2.24) is 9.80 Å². The van der Waals surface area contributed by atoms with Gasteiger partial charge in [-0.25, -0.2) is 0 Å². The van der Waals surface area contributed by atoms with Gasteiger partial charge in [0.05, 0.1) is 0 Å². The third-order valence-corrected chi connectivity index (χ3v) is 6.33. The van der Waals surface area contributed by atoms with Crippen molar-refractivity contribution in [1.29, 1.82) is 0 Å². The quantitative estimate of drug-likeness (QED) is 0.592. The summed E-state index contributed by atoms with van der Waals surface area (Å²) in [6.45, 7) is 7.59. The Morgan fingerprint density at radius 2 is 1.07 bits per heavy atom. The van der Waals surface area contributed by atoms with E-state index in [1.807, 2.05) is 0 Å². The number of hydrogen-bond acceptors (Lipinski definition) is 2. The van der Waals surface area contributed by atoms with Gasteiger partial charge >= 0.3 is 0 Å². The zero-order valence-electron chi connectivity index (χ0n) is 11.6. The Kier molecular flexibility index (Phi) is 7.48. The number of rotatable bonds is 8. The summed E-state index contributed by atoms with van der Waals surface area (Å²) in [5, 5.41) is 0. The van der Waals surface area contributed by atoms with Gasteiger partial charge in [-0.2, -0.15) is 0 Å². The molecule has 0 aromatic rings. The van der Waals surface area contributed by atoms with Gasteiger partial charge in [-0.15, -0.1) is 0 Å². The molecule has 0 atom stereocenters. The molecule has 0 unspecified atom stereocenters. The minimum atomic E-state index is -0.890. The first kappa shape index (κ1) is 15.1. The van der Waals surface area contributed by atoms with E-state index in [4.69, 9.17) is 0 Å². The Morgan fingerprint density at radius 3 is 1.33 bits per heavy atom.